The zero-order valence-electron chi connectivity index (χ0n) is 11.0. The number of hydrogen-bond acceptors (Lipinski definition) is 4. The summed E-state index contributed by atoms with van der Waals surface area (Å²) >= 11 is 1.66. The second kappa shape index (κ2) is 6.02. The number of benzene rings is 1. The number of thiazole rings is 1. The highest BCUT2D eigenvalue weighted by Crippen LogP contribution is 2.29. The van der Waals surface area contributed by atoms with Crippen LogP contribution in [0.25, 0.3) is 10.2 Å². The van der Waals surface area contributed by atoms with Crippen molar-refractivity contribution in [2.24, 2.45) is 4.99 Å². The SMILES string of the molecule is OCCCN=C1NC=CCN1c1nc2ccccc2s1. The Balaban J connectivity index is 1.89. The maximum atomic E-state index is 8.85. The van der Waals surface area contributed by atoms with Gasteiger partial charge in [-0.3, -0.25) is 9.89 Å². The van der Waals surface area contributed by atoms with Crippen LogP contribution >= 0.6 is 11.3 Å². The van der Waals surface area contributed by atoms with Crippen LogP contribution in [0.4, 0.5) is 5.13 Å². The van der Waals surface area contributed by atoms with Gasteiger partial charge in [0.1, 0.15) is 0 Å². The van der Waals surface area contributed by atoms with Gasteiger partial charge in [0.2, 0.25) is 5.96 Å². The van der Waals surface area contributed by atoms with Crippen molar-refractivity contribution in [2.45, 2.75) is 6.42 Å². The average Bonchev–Trinajstić information content (AvgIpc) is 2.92. The van der Waals surface area contributed by atoms with Crippen molar-refractivity contribution in [2.75, 3.05) is 24.6 Å². The fourth-order valence-electron chi connectivity index (χ4n) is 1.99. The lowest BCUT2D eigenvalue weighted by atomic mass is 10.3. The van der Waals surface area contributed by atoms with Crippen molar-refractivity contribution in [3.8, 4) is 0 Å². The van der Waals surface area contributed by atoms with Gasteiger partial charge < -0.3 is 10.4 Å². The predicted octanol–water partition coefficient (Wildman–Crippen LogP) is 1.96. The molecule has 3 rings (SSSR count). The molecule has 0 unspecified atom stereocenters. The van der Waals surface area contributed by atoms with Crippen LogP contribution < -0.4 is 10.2 Å². The largest absolute Gasteiger partial charge is 0.396 e. The van der Waals surface area contributed by atoms with Crippen molar-refractivity contribution >= 4 is 32.6 Å². The van der Waals surface area contributed by atoms with Crippen LogP contribution in [-0.2, 0) is 0 Å². The van der Waals surface area contributed by atoms with Gasteiger partial charge in [0, 0.05) is 25.9 Å². The van der Waals surface area contributed by atoms with Crippen LogP contribution in [0.1, 0.15) is 6.42 Å². The molecule has 20 heavy (non-hydrogen) atoms. The standard InChI is InChI=1S/C14H16N4OS/c19-10-4-8-16-13-15-7-3-9-18(13)14-17-11-5-1-2-6-12(11)20-14/h1-3,5-7,19H,4,8-10H2,(H,15,16). The second-order valence-corrected chi connectivity index (χ2v) is 5.41. The summed E-state index contributed by atoms with van der Waals surface area (Å²) < 4.78 is 1.17. The first-order valence-electron chi connectivity index (χ1n) is 6.58. The van der Waals surface area contributed by atoms with Crippen molar-refractivity contribution in [1.29, 1.82) is 0 Å². The number of nitrogens with zero attached hydrogens (tertiary/aromatic N) is 3. The molecule has 1 aliphatic heterocycles. The van der Waals surface area contributed by atoms with E-state index in [-0.39, 0.29) is 6.61 Å². The van der Waals surface area contributed by atoms with E-state index in [0.717, 1.165) is 23.2 Å². The van der Waals surface area contributed by atoms with E-state index in [2.05, 4.69) is 26.3 Å². The normalized spacial score (nSPS) is 16.9. The third-order valence-electron chi connectivity index (χ3n) is 2.97. The molecule has 1 aliphatic rings. The third kappa shape index (κ3) is 2.66. The fraction of sp³-hybridized carbons (Fsp3) is 0.286. The highest BCUT2D eigenvalue weighted by atomic mass is 32.1. The van der Waals surface area contributed by atoms with Crippen LogP contribution in [-0.4, -0.2) is 35.7 Å². The van der Waals surface area contributed by atoms with Gasteiger partial charge in [0.25, 0.3) is 0 Å². The summed E-state index contributed by atoms with van der Waals surface area (Å²) in [4.78, 5) is 11.2. The molecular formula is C14H16N4OS. The maximum absolute atomic E-state index is 8.85. The van der Waals surface area contributed by atoms with E-state index in [4.69, 9.17) is 5.11 Å². The van der Waals surface area contributed by atoms with E-state index in [1.54, 1.807) is 11.3 Å². The number of aromatic nitrogens is 1. The number of aliphatic hydroxyl groups excluding tert-OH is 1. The topological polar surface area (TPSA) is 60.8 Å². The zero-order chi connectivity index (χ0) is 13.8. The molecule has 2 heterocycles. The van der Waals surface area contributed by atoms with Gasteiger partial charge in [0.15, 0.2) is 5.13 Å². The number of aliphatic hydroxyl groups is 1. The molecule has 6 heteroatoms. The Kier molecular flexibility index (Phi) is 3.94. The Bertz CT molecular complexity index is 616. The lowest BCUT2D eigenvalue weighted by Gasteiger charge is -2.25. The van der Waals surface area contributed by atoms with Gasteiger partial charge >= 0.3 is 0 Å². The molecule has 104 valence electrons. The Morgan fingerprint density at radius 3 is 3.15 bits per heavy atom. The number of nitrogens with one attached hydrogen (secondary N) is 1. The van der Waals surface area contributed by atoms with Crippen LogP contribution in [0.15, 0.2) is 41.5 Å². The van der Waals surface area contributed by atoms with Crippen LogP contribution in [0, 0.1) is 0 Å². The van der Waals surface area contributed by atoms with E-state index in [9.17, 15) is 0 Å². The first-order chi connectivity index (χ1) is 9.88. The second-order valence-electron chi connectivity index (χ2n) is 4.40. The molecule has 0 radical (unpaired) electrons. The van der Waals surface area contributed by atoms with Crippen molar-refractivity contribution in [1.82, 2.24) is 10.3 Å². The van der Waals surface area contributed by atoms with Crippen molar-refractivity contribution < 1.29 is 5.11 Å². The van der Waals surface area contributed by atoms with E-state index in [1.165, 1.54) is 4.70 Å². The first-order valence-corrected chi connectivity index (χ1v) is 7.40. The summed E-state index contributed by atoms with van der Waals surface area (Å²) in [5.74, 6) is 0.792. The quantitative estimate of drug-likeness (QED) is 0.844. The van der Waals surface area contributed by atoms with Crippen LogP contribution in [0.5, 0.6) is 0 Å². The third-order valence-corrected chi connectivity index (χ3v) is 4.02. The minimum absolute atomic E-state index is 0.160. The fourth-order valence-corrected chi connectivity index (χ4v) is 2.96. The number of para-hydroxylation sites is 1. The highest BCUT2D eigenvalue weighted by molar-refractivity contribution is 7.22. The molecule has 5 nitrogen and oxygen atoms in total. The highest BCUT2D eigenvalue weighted by Gasteiger charge is 2.18. The molecule has 0 fully saturated rings. The van der Waals surface area contributed by atoms with Crippen LogP contribution in [0.2, 0.25) is 0 Å². The molecule has 0 aliphatic carbocycles. The minimum Gasteiger partial charge on any atom is -0.396 e. The van der Waals surface area contributed by atoms with E-state index >= 15 is 0 Å². The lowest BCUT2D eigenvalue weighted by Crippen LogP contribution is -2.42. The number of fused-ring (bicyclic) bond motifs is 1. The molecule has 0 saturated heterocycles. The Labute approximate surface area is 121 Å². The summed E-state index contributed by atoms with van der Waals surface area (Å²) in [6, 6.07) is 8.11. The number of anilines is 1. The molecule has 1 aromatic heterocycles. The predicted molar refractivity (Wildman–Crippen MR) is 83.2 cm³/mol. The summed E-state index contributed by atoms with van der Waals surface area (Å²) in [6.07, 6.45) is 4.60. The number of rotatable bonds is 4. The van der Waals surface area contributed by atoms with E-state index < -0.39 is 0 Å². The van der Waals surface area contributed by atoms with E-state index in [0.29, 0.717) is 13.0 Å². The first kappa shape index (κ1) is 13.1. The van der Waals surface area contributed by atoms with Gasteiger partial charge in [0.05, 0.1) is 10.2 Å². The molecule has 2 aromatic rings. The van der Waals surface area contributed by atoms with E-state index in [1.807, 2.05) is 30.5 Å². The van der Waals surface area contributed by atoms with Gasteiger partial charge in [-0.15, -0.1) is 0 Å². The maximum Gasteiger partial charge on any atom is 0.204 e. The molecular weight excluding hydrogens is 272 g/mol. The molecule has 0 saturated carbocycles. The zero-order valence-corrected chi connectivity index (χ0v) is 11.8. The average molecular weight is 288 g/mol. The lowest BCUT2D eigenvalue weighted by molar-refractivity contribution is 0.291. The Morgan fingerprint density at radius 2 is 2.30 bits per heavy atom. The van der Waals surface area contributed by atoms with Crippen LogP contribution in [0.3, 0.4) is 0 Å². The summed E-state index contributed by atoms with van der Waals surface area (Å²) in [5.41, 5.74) is 1.01. The monoisotopic (exact) mass is 288 g/mol. The summed E-state index contributed by atoms with van der Waals surface area (Å²) in [6.45, 7) is 1.52. The molecule has 1 aromatic carbocycles. The number of hydrogen-bond donors (Lipinski definition) is 2. The van der Waals surface area contributed by atoms with Crippen molar-refractivity contribution in [3.63, 3.8) is 0 Å². The number of guanidine groups is 1. The smallest absolute Gasteiger partial charge is 0.204 e. The molecule has 0 atom stereocenters. The van der Waals surface area contributed by atoms with Crippen molar-refractivity contribution in [3.05, 3.63) is 36.5 Å². The van der Waals surface area contributed by atoms with Gasteiger partial charge in [-0.05, 0) is 24.6 Å². The summed E-state index contributed by atoms with van der Waals surface area (Å²) in [5, 5.41) is 12.9. The van der Waals surface area contributed by atoms with Gasteiger partial charge in [-0.1, -0.05) is 23.5 Å². The van der Waals surface area contributed by atoms with Gasteiger partial charge in [-0.2, -0.15) is 0 Å². The number of aliphatic imine (C=N–C) groups is 1. The molecule has 0 spiro atoms. The Hall–Kier alpha value is -1.92. The molecule has 0 bridgehead atoms. The van der Waals surface area contributed by atoms with Gasteiger partial charge in [-0.25, -0.2) is 4.98 Å². The Morgan fingerprint density at radius 1 is 1.40 bits per heavy atom. The minimum atomic E-state index is 0.160. The molecule has 2 N–H and O–H groups in total. The molecule has 0 amide bonds. The summed E-state index contributed by atoms with van der Waals surface area (Å²) in [7, 11) is 0.